The van der Waals surface area contributed by atoms with E-state index in [9.17, 15) is 10.0 Å². The molecule has 0 radical (unpaired) electrons. The summed E-state index contributed by atoms with van der Waals surface area (Å²) in [6.07, 6.45) is 14.6. The molecule has 1 amide bonds. The van der Waals surface area contributed by atoms with E-state index in [0.717, 1.165) is 12.8 Å². The Kier molecular flexibility index (Phi) is 15.3. The summed E-state index contributed by atoms with van der Waals surface area (Å²) in [6.45, 7) is 2.25. The molecule has 0 aromatic heterocycles. The maximum absolute atomic E-state index is 11.4. The average Bonchev–Trinajstić information content (AvgIpc) is 2.34. The molecule has 0 bridgehead atoms. The van der Waals surface area contributed by atoms with Crippen molar-refractivity contribution in [3.8, 4) is 0 Å². The van der Waals surface area contributed by atoms with E-state index in [1.165, 1.54) is 71.9 Å². The molecule has 122 valence electrons. The van der Waals surface area contributed by atoms with Crippen molar-refractivity contribution in [3.63, 3.8) is 0 Å². The Morgan fingerprint density at radius 1 is 0.800 bits per heavy atom. The Labute approximate surface area is 131 Å². The first-order valence-electron chi connectivity index (χ1n) is 8.08. The maximum Gasteiger partial charge on any atom is 0.345 e. The van der Waals surface area contributed by atoms with Gasteiger partial charge in [0, 0.05) is 0 Å². The summed E-state index contributed by atoms with van der Waals surface area (Å²) in [7, 11) is 3.03. The van der Waals surface area contributed by atoms with Crippen LogP contribution in [-0.4, -0.2) is 29.9 Å². The zero-order chi connectivity index (χ0) is 14.6. The number of hydrogen-bond donors (Lipinski definition) is 1. The highest BCUT2D eigenvalue weighted by molar-refractivity contribution is 5.67. The number of amides is 1. The van der Waals surface area contributed by atoms with Crippen LogP contribution in [0, 0.1) is 0 Å². The fourth-order valence-electron chi connectivity index (χ4n) is 2.21. The van der Waals surface area contributed by atoms with Crippen LogP contribution in [0.2, 0.25) is 0 Å². The lowest BCUT2D eigenvalue weighted by Gasteiger charge is -2.16. The number of rotatable bonds is 12. The van der Waals surface area contributed by atoms with Crippen LogP contribution in [0.25, 0.3) is 0 Å². The topological polar surface area (TPSA) is 37.3 Å². The van der Waals surface area contributed by atoms with Crippen molar-refractivity contribution in [3.05, 3.63) is 0 Å². The van der Waals surface area contributed by atoms with Gasteiger partial charge in [-0.25, -0.2) is 10.0 Å². The van der Waals surface area contributed by atoms with E-state index in [1.807, 2.05) is 0 Å². The van der Waals surface area contributed by atoms with Crippen molar-refractivity contribution in [2.24, 2.45) is 0 Å². The first kappa shape index (κ1) is 22.2. The lowest BCUT2D eigenvalue weighted by Crippen LogP contribution is -3.00. The molecule has 0 saturated heterocycles. The van der Waals surface area contributed by atoms with E-state index >= 15 is 0 Å². The Hall–Kier alpha value is -0.120. The molecule has 0 aliphatic heterocycles. The Bertz CT molecular complexity index is 227. The van der Waals surface area contributed by atoms with Crippen molar-refractivity contribution in [1.82, 2.24) is 0 Å². The number of carbonyl (C=O) groups excluding carboxylic acids is 1. The molecule has 0 fully saturated rings. The summed E-state index contributed by atoms with van der Waals surface area (Å²) in [5.74, 6) is -0.0871. The number of hydroxylamine groups is 3. The molecule has 0 saturated carbocycles. The predicted octanol–water partition coefficient (Wildman–Crippen LogP) is 1.68. The number of hydrogen-bond acceptors (Lipinski definition) is 2. The minimum atomic E-state index is -0.530. The third-order valence-corrected chi connectivity index (χ3v) is 3.60. The summed E-state index contributed by atoms with van der Waals surface area (Å²) in [5, 5.41) is 9.44. The number of nitrogens with zero attached hydrogens (tertiary/aromatic N) is 1. The van der Waals surface area contributed by atoms with Gasteiger partial charge >= 0.3 is 5.91 Å². The molecule has 20 heavy (non-hydrogen) atoms. The minimum Gasteiger partial charge on any atom is -1.00 e. The molecule has 0 rings (SSSR count). The van der Waals surface area contributed by atoms with Crippen molar-refractivity contribution < 1.29 is 27.1 Å². The van der Waals surface area contributed by atoms with Crippen molar-refractivity contribution in [1.29, 1.82) is 0 Å². The molecule has 0 atom stereocenters. The molecule has 0 unspecified atom stereocenters. The lowest BCUT2D eigenvalue weighted by molar-refractivity contribution is -1.01. The van der Waals surface area contributed by atoms with Crippen molar-refractivity contribution >= 4 is 5.91 Å². The molecule has 3 nitrogen and oxygen atoms in total. The molecule has 0 aliphatic carbocycles. The largest absolute Gasteiger partial charge is 1.00 e. The van der Waals surface area contributed by atoms with E-state index in [4.69, 9.17) is 0 Å². The van der Waals surface area contributed by atoms with E-state index in [-0.39, 0.29) is 18.3 Å². The van der Waals surface area contributed by atoms with Crippen LogP contribution in [0.1, 0.15) is 84.0 Å². The molecule has 0 aromatic rings. The highest BCUT2D eigenvalue weighted by Crippen LogP contribution is 2.12. The predicted molar refractivity (Wildman–Crippen MR) is 80.0 cm³/mol. The second-order valence-corrected chi connectivity index (χ2v) is 6.07. The minimum absolute atomic E-state index is 0. The number of quaternary nitrogens is 1. The summed E-state index contributed by atoms with van der Waals surface area (Å²) in [4.78, 5) is 11.4. The van der Waals surface area contributed by atoms with Crippen LogP contribution >= 0.6 is 0 Å². The number of halogens is 1. The molecule has 0 spiro atoms. The average molecular weight is 308 g/mol. The zero-order valence-electron chi connectivity index (χ0n) is 13.7. The summed E-state index contributed by atoms with van der Waals surface area (Å²) >= 11 is 0. The van der Waals surface area contributed by atoms with Gasteiger partial charge in [-0.3, -0.25) is 0 Å². The van der Waals surface area contributed by atoms with Crippen LogP contribution in [0.15, 0.2) is 0 Å². The summed E-state index contributed by atoms with van der Waals surface area (Å²) in [6, 6.07) is 0. The lowest BCUT2D eigenvalue weighted by atomic mass is 10.1. The van der Waals surface area contributed by atoms with Crippen LogP contribution in [0.3, 0.4) is 0 Å². The SMILES string of the molecule is CCCCCCCCCCCCCC(=O)[N+](C)(C)O.[Cl-]. The van der Waals surface area contributed by atoms with E-state index in [1.54, 1.807) is 0 Å². The number of unbranched alkanes of at least 4 members (excludes halogenated alkanes) is 10. The van der Waals surface area contributed by atoms with Crippen LogP contribution in [0.5, 0.6) is 0 Å². The van der Waals surface area contributed by atoms with Crippen LogP contribution in [-0.2, 0) is 4.79 Å². The Balaban J connectivity index is 0. The third kappa shape index (κ3) is 14.3. The highest BCUT2D eigenvalue weighted by atomic mass is 35.5. The molecule has 0 aromatic carbocycles. The van der Waals surface area contributed by atoms with E-state index < -0.39 is 4.65 Å². The number of carbonyl (C=O) groups is 1. The van der Waals surface area contributed by atoms with Gasteiger partial charge in [0.15, 0.2) is 0 Å². The standard InChI is InChI=1S/C16H34NO2.ClH/c1-4-5-6-7-8-9-10-11-12-13-14-15-16(18)17(2,3)19;/h19H,4-15H2,1-3H3;1H/q+1;/p-1. The zero-order valence-corrected chi connectivity index (χ0v) is 14.4. The monoisotopic (exact) mass is 307 g/mol. The van der Waals surface area contributed by atoms with Crippen molar-refractivity contribution in [2.75, 3.05) is 14.1 Å². The van der Waals surface area contributed by atoms with E-state index in [0.29, 0.717) is 6.42 Å². The quantitative estimate of drug-likeness (QED) is 0.258. The second-order valence-electron chi connectivity index (χ2n) is 6.07. The van der Waals surface area contributed by atoms with Gasteiger partial charge in [0.25, 0.3) is 0 Å². The van der Waals surface area contributed by atoms with Gasteiger partial charge in [0.2, 0.25) is 0 Å². The van der Waals surface area contributed by atoms with Crippen LogP contribution in [0.4, 0.5) is 0 Å². The fraction of sp³-hybridized carbons (Fsp3) is 0.938. The van der Waals surface area contributed by atoms with Gasteiger partial charge in [-0.05, 0) is 6.42 Å². The molecular formula is C16H34ClNO2. The molecular weight excluding hydrogens is 274 g/mol. The molecule has 1 N–H and O–H groups in total. The normalized spacial score (nSPS) is 11.2. The smallest absolute Gasteiger partial charge is 0.345 e. The molecule has 4 heteroatoms. The van der Waals surface area contributed by atoms with Gasteiger partial charge in [-0.1, -0.05) is 71.1 Å². The van der Waals surface area contributed by atoms with Gasteiger partial charge in [-0.15, -0.1) is 4.65 Å². The first-order chi connectivity index (χ1) is 8.98. The first-order valence-corrected chi connectivity index (χ1v) is 8.08. The second kappa shape index (κ2) is 13.8. The summed E-state index contributed by atoms with van der Waals surface area (Å²) < 4.78 is -0.530. The molecule has 0 aliphatic rings. The van der Waals surface area contributed by atoms with E-state index in [2.05, 4.69) is 6.92 Å². The van der Waals surface area contributed by atoms with Gasteiger partial charge in [-0.2, -0.15) is 0 Å². The maximum atomic E-state index is 11.4. The van der Waals surface area contributed by atoms with Gasteiger partial charge in [0.05, 0.1) is 6.42 Å². The van der Waals surface area contributed by atoms with Gasteiger partial charge < -0.3 is 12.4 Å². The highest BCUT2D eigenvalue weighted by Gasteiger charge is 2.22. The van der Waals surface area contributed by atoms with Gasteiger partial charge in [0.1, 0.15) is 14.1 Å². The summed E-state index contributed by atoms with van der Waals surface area (Å²) in [5.41, 5.74) is 0. The Morgan fingerprint density at radius 2 is 1.15 bits per heavy atom. The molecule has 0 heterocycles. The third-order valence-electron chi connectivity index (χ3n) is 3.60. The fourth-order valence-corrected chi connectivity index (χ4v) is 2.21. The van der Waals surface area contributed by atoms with Crippen molar-refractivity contribution in [2.45, 2.75) is 84.0 Å². The van der Waals surface area contributed by atoms with Crippen LogP contribution < -0.4 is 12.4 Å². The Morgan fingerprint density at radius 3 is 1.50 bits per heavy atom.